The number of benzene rings is 1. The van der Waals surface area contributed by atoms with Gasteiger partial charge in [0.25, 0.3) is 0 Å². The first-order valence-electron chi connectivity index (χ1n) is 5.95. The Morgan fingerprint density at radius 3 is 3.00 bits per heavy atom. The number of nitrogen functional groups attached to an aromatic ring is 1. The van der Waals surface area contributed by atoms with Gasteiger partial charge in [-0.3, -0.25) is 0 Å². The van der Waals surface area contributed by atoms with Crippen molar-refractivity contribution in [1.29, 1.82) is 5.26 Å². The number of ether oxygens (including phenoxy) is 1. The molecule has 5 heteroatoms. The predicted octanol–water partition coefficient (Wildman–Crippen LogP) is 0.726. The van der Waals surface area contributed by atoms with Crippen LogP contribution in [-0.2, 0) is 4.74 Å². The van der Waals surface area contributed by atoms with Crippen LogP contribution in [0.4, 0.5) is 11.4 Å². The minimum Gasteiger partial charge on any atom is -0.396 e. The minimum absolute atomic E-state index is 0.0152. The van der Waals surface area contributed by atoms with Crippen LogP contribution in [-0.4, -0.2) is 37.0 Å². The smallest absolute Gasteiger partial charge is 0.101 e. The van der Waals surface area contributed by atoms with E-state index in [0.29, 0.717) is 24.3 Å². The van der Waals surface area contributed by atoms with Gasteiger partial charge < -0.3 is 20.5 Å². The Balaban J connectivity index is 2.28. The first-order valence-corrected chi connectivity index (χ1v) is 5.95. The molecule has 0 aliphatic carbocycles. The van der Waals surface area contributed by atoms with Gasteiger partial charge in [-0.15, -0.1) is 0 Å². The molecule has 2 atom stereocenters. The highest BCUT2D eigenvalue weighted by molar-refractivity contribution is 5.74. The van der Waals surface area contributed by atoms with Gasteiger partial charge in [0.15, 0.2) is 0 Å². The van der Waals surface area contributed by atoms with E-state index in [1.54, 1.807) is 6.07 Å². The third kappa shape index (κ3) is 2.40. The van der Waals surface area contributed by atoms with Crippen molar-refractivity contribution >= 4 is 11.4 Å². The summed E-state index contributed by atoms with van der Waals surface area (Å²) in [6.45, 7) is 3.23. The molecule has 1 heterocycles. The maximum Gasteiger partial charge on any atom is 0.101 e. The molecule has 0 bridgehead atoms. The van der Waals surface area contributed by atoms with Crippen molar-refractivity contribution in [2.75, 3.05) is 30.3 Å². The summed E-state index contributed by atoms with van der Waals surface area (Å²) in [6, 6.07) is 7.49. The van der Waals surface area contributed by atoms with Crippen LogP contribution in [0.25, 0.3) is 0 Å². The molecule has 5 nitrogen and oxygen atoms in total. The maximum atomic E-state index is 9.21. The van der Waals surface area contributed by atoms with Crippen molar-refractivity contribution < 1.29 is 9.84 Å². The number of aliphatic hydroxyl groups excluding tert-OH is 1. The van der Waals surface area contributed by atoms with Gasteiger partial charge in [0.2, 0.25) is 0 Å². The molecule has 1 fully saturated rings. The second kappa shape index (κ2) is 5.25. The molecule has 1 aliphatic rings. The number of hydrogen-bond donors (Lipinski definition) is 2. The average Bonchev–Trinajstić information content (AvgIpc) is 2.38. The molecule has 18 heavy (non-hydrogen) atoms. The third-order valence-electron chi connectivity index (χ3n) is 3.07. The Morgan fingerprint density at radius 1 is 1.56 bits per heavy atom. The first kappa shape index (κ1) is 12.7. The fourth-order valence-electron chi connectivity index (χ4n) is 2.27. The molecule has 1 aromatic rings. The summed E-state index contributed by atoms with van der Waals surface area (Å²) >= 11 is 0. The number of hydrogen-bond acceptors (Lipinski definition) is 5. The third-order valence-corrected chi connectivity index (χ3v) is 3.07. The van der Waals surface area contributed by atoms with E-state index >= 15 is 0 Å². The molecule has 0 saturated carbocycles. The van der Waals surface area contributed by atoms with Gasteiger partial charge in [-0.2, -0.15) is 5.26 Å². The number of nitrogens with zero attached hydrogens (tertiary/aromatic N) is 2. The monoisotopic (exact) mass is 247 g/mol. The minimum atomic E-state index is -0.209. The molecule has 0 radical (unpaired) electrons. The highest BCUT2D eigenvalue weighted by atomic mass is 16.5. The highest BCUT2D eigenvalue weighted by Crippen LogP contribution is 2.28. The van der Waals surface area contributed by atoms with E-state index in [4.69, 9.17) is 15.7 Å². The molecule has 1 saturated heterocycles. The summed E-state index contributed by atoms with van der Waals surface area (Å²) in [5, 5.41) is 18.2. The van der Waals surface area contributed by atoms with Crippen molar-refractivity contribution in [1.82, 2.24) is 0 Å². The molecule has 1 aromatic carbocycles. The molecule has 0 aromatic heterocycles. The Hall–Kier alpha value is -1.77. The van der Waals surface area contributed by atoms with Crippen LogP contribution in [0, 0.1) is 11.3 Å². The highest BCUT2D eigenvalue weighted by Gasteiger charge is 2.26. The van der Waals surface area contributed by atoms with Gasteiger partial charge in [0, 0.05) is 13.1 Å². The second-order valence-electron chi connectivity index (χ2n) is 4.51. The molecule has 0 amide bonds. The summed E-state index contributed by atoms with van der Waals surface area (Å²) < 4.78 is 5.59. The Kier molecular flexibility index (Phi) is 3.70. The lowest BCUT2D eigenvalue weighted by atomic mass is 10.1. The predicted molar refractivity (Wildman–Crippen MR) is 69.2 cm³/mol. The molecule has 0 spiro atoms. The number of nitrogens with two attached hydrogens (primary N) is 1. The molecule has 1 aliphatic heterocycles. The second-order valence-corrected chi connectivity index (χ2v) is 4.51. The van der Waals surface area contributed by atoms with E-state index in [0.717, 1.165) is 5.69 Å². The molecular formula is C13H17N3O2. The van der Waals surface area contributed by atoms with E-state index in [-0.39, 0.29) is 18.8 Å². The van der Waals surface area contributed by atoms with E-state index in [9.17, 15) is 5.11 Å². The van der Waals surface area contributed by atoms with E-state index in [2.05, 4.69) is 11.0 Å². The zero-order valence-corrected chi connectivity index (χ0v) is 10.3. The zero-order chi connectivity index (χ0) is 13.1. The van der Waals surface area contributed by atoms with Gasteiger partial charge in [-0.05, 0) is 19.1 Å². The number of para-hydroxylation sites is 1. The van der Waals surface area contributed by atoms with Crippen LogP contribution in [0.2, 0.25) is 0 Å². The summed E-state index contributed by atoms with van der Waals surface area (Å²) in [5.41, 5.74) is 7.80. The summed E-state index contributed by atoms with van der Waals surface area (Å²) in [5.74, 6) is 0. The van der Waals surface area contributed by atoms with Gasteiger partial charge in [0.05, 0.1) is 35.8 Å². The molecule has 3 N–H and O–H groups in total. The van der Waals surface area contributed by atoms with E-state index in [1.807, 2.05) is 19.1 Å². The average molecular weight is 247 g/mol. The Bertz CT molecular complexity index is 470. The molecule has 2 rings (SSSR count). The van der Waals surface area contributed by atoms with E-state index < -0.39 is 0 Å². The van der Waals surface area contributed by atoms with Crippen molar-refractivity contribution in [2.45, 2.75) is 19.1 Å². The van der Waals surface area contributed by atoms with Crippen LogP contribution < -0.4 is 10.6 Å². The summed E-state index contributed by atoms with van der Waals surface area (Å²) in [6.07, 6.45) is -0.181. The van der Waals surface area contributed by atoms with E-state index in [1.165, 1.54) is 0 Å². The number of anilines is 2. The van der Waals surface area contributed by atoms with Crippen molar-refractivity contribution in [3.63, 3.8) is 0 Å². The lowest BCUT2D eigenvalue weighted by Crippen LogP contribution is -2.48. The number of nitriles is 1. The van der Waals surface area contributed by atoms with Gasteiger partial charge in [-0.25, -0.2) is 0 Å². The number of morpholine rings is 1. The normalized spacial score (nSPS) is 23.7. The van der Waals surface area contributed by atoms with Crippen LogP contribution in [0.1, 0.15) is 12.5 Å². The Morgan fingerprint density at radius 2 is 2.33 bits per heavy atom. The topological polar surface area (TPSA) is 82.5 Å². The lowest BCUT2D eigenvalue weighted by molar-refractivity contribution is -0.0420. The van der Waals surface area contributed by atoms with Crippen molar-refractivity contribution in [3.8, 4) is 6.07 Å². The van der Waals surface area contributed by atoms with Crippen LogP contribution in [0.5, 0.6) is 0 Å². The van der Waals surface area contributed by atoms with Crippen LogP contribution in [0.15, 0.2) is 18.2 Å². The van der Waals surface area contributed by atoms with Crippen LogP contribution in [0.3, 0.4) is 0 Å². The zero-order valence-electron chi connectivity index (χ0n) is 10.3. The first-order chi connectivity index (χ1) is 8.65. The van der Waals surface area contributed by atoms with Crippen molar-refractivity contribution in [3.05, 3.63) is 23.8 Å². The quantitative estimate of drug-likeness (QED) is 0.753. The lowest BCUT2D eigenvalue weighted by Gasteiger charge is -2.38. The molecular weight excluding hydrogens is 230 g/mol. The number of rotatable bonds is 2. The Labute approximate surface area is 106 Å². The van der Waals surface area contributed by atoms with Gasteiger partial charge >= 0.3 is 0 Å². The SMILES string of the molecule is CC1CN(c2cccc(C#N)c2N)CC(CO)O1. The van der Waals surface area contributed by atoms with Gasteiger partial charge in [-0.1, -0.05) is 6.07 Å². The molecule has 96 valence electrons. The summed E-state index contributed by atoms with van der Waals surface area (Å²) in [7, 11) is 0. The fraction of sp³-hybridized carbons (Fsp3) is 0.462. The van der Waals surface area contributed by atoms with Gasteiger partial charge in [0.1, 0.15) is 6.07 Å². The standard InChI is InChI=1S/C13H17N3O2/c1-9-6-16(7-11(8-17)18-9)12-4-2-3-10(5-14)13(12)15/h2-4,9,11,17H,6-8,15H2,1H3. The van der Waals surface area contributed by atoms with Crippen molar-refractivity contribution in [2.24, 2.45) is 0 Å². The maximum absolute atomic E-state index is 9.21. The fourth-order valence-corrected chi connectivity index (χ4v) is 2.27. The summed E-state index contributed by atoms with van der Waals surface area (Å²) in [4.78, 5) is 2.06. The largest absolute Gasteiger partial charge is 0.396 e. The number of aliphatic hydroxyl groups is 1. The molecule has 2 unspecified atom stereocenters. The van der Waals surface area contributed by atoms with Crippen LogP contribution >= 0.6 is 0 Å².